The number of carbonyl (C=O) groups excluding carboxylic acids is 1. The average Bonchev–Trinajstić information content (AvgIpc) is 2.09. The van der Waals surface area contributed by atoms with Crippen molar-refractivity contribution in [2.24, 2.45) is 5.92 Å². The number of aliphatic hydroxyl groups is 1. The van der Waals surface area contributed by atoms with Crippen molar-refractivity contribution in [3.63, 3.8) is 0 Å². The van der Waals surface area contributed by atoms with Crippen molar-refractivity contribution in [2.45, 2.75) is 51.9 Å². The van der Waals surface area contributed by atoms with Crippen LogP contribution in [0.4, 0.5) is 4.79 Å². The fourth-order valence-corrected chi connectivity index (χ4v) is 1.72. The summed E-state index contributed by atoms with van der Waals surface area (Å²) in [4.78, 5) is 13.3. The highest BCUT2D eigenvalue weighted by Crippen LogP contribution is 2.32. The van der Waals surface area contributed by atoms with Gasteiger partial charge in [0.05, 0.1) is 6.10 Å². The minimum atomic E-state index is -0.461. The van der Waals surface area contributed by atoms with Gasteiger partial charge in [0.1, 0.15) is 5.60 Å². The number of nitrogens with zero attached hydrogens (tertiary/aromatic N) is 1. The van der Waals surface area contributed by atoms with E-state index in [2.05, 4.69) is 0 Å². The van der Waals surface area contributed by atoms with Crippen LogP contribution in [0, 0.1) is 5.92 Å². The van der Waals surface area contributed by atoms with Crippen LogP contribution in [-0.2, 0) is 4.74 Å². The Hall–Kier alpha value is -0.770. The van der Waals surface area contributed by atoms with Crippen LogP contribution in [0.2, 0.25) is 0 Å². The molecule has 4 heteroatoms. The van der Waals surface area contributed by atoms with Gasteiger partial charge in [-0.15, -0.1) is 0 Å². The van der Waals surface area contributed by atoms with E-state index in [1.54, 1.807) is 11.9 Å². The topological polar surface area (TPSA) is 49.8 Å². The van der Waals surface area contributed by atoms with E-state index in [1.807, 2.05) is 27.7 Å². The molecule has 15 heavy (non-hydrogen) atoms. The Morgan fingerprint density at radius 1 is 1.47 bits per heavy atom. The summed E-state index contributed by atoms with van der Waals surface area (Å²) in [5.41, 5.74) is -0.461. The number of aliphatic hydroxyl groups excluding tert-OH is 1. The zero-order chi connectivity index (χ0) is 11.8. The first-order valence-electron chi connectivity index (χ1n) is 5.36. The highest BCUT2D eigenvalue weighted by Gasteiger charge is 2.41. The van der Waals surface area contributed by atoms with Gasteiger partial charge >= 0.3 is 6.09 Å². The summed E-state index contributed by atoms with van der Waals surface area (Å²) in [5, 5.41) is 9.37. The third kappa shape index (κ3) is 2.84. The van der Waals surface area contributed by atoms with E-state index in [0.717, 1.165) is 0 Å². The molecule has 1 aliphatic rings. The van der Waals surface area contributed by atoms with Crippen LogP contribution in [0.25, 0.3) is 0 Å². The summed E-state index contributed by atoms with van der Waals surface area (Å²) in [5.74, 6) is 0.141. The van der Waals surface area contributed by atoms with Gasteiger partial charge in [-0.05, 0) is 27.2 Å². The van der Waals surface area contributed by atoms with E-state index in [4.69, 9.17) is 4.74 Å². The lowest BCUT2D eigenvalue weighted by molar-refractivity contribution is -0.0541. The van der Waals surface area contributed by atoms with Gasteiger partial charge in [0.25, 0.3) is 0 Å². The minimum Gasteiger partial charge on any atom is -0.444 e. The standard InChI is InChI=1S/C11H21NO3/c1-7-8(6-9(7)13)12(5)10(14)15-11(2,3)4/h7-9,13H,6H2,1-5H3. The van der Waals surface area contributed by atoms with Gasteiger partial charge in [-0.2, -0.15) is 0 Å². The van der Waals surface area contributed by atoms with Crippen molar-refractivity contribution >= 4 is 6.09 Å². The van der Waals surface area contributed by atoms with Gasteiger partial charge in [0.2, 0.25) is 0 Å². The van der Waals surface area contributed by atoms with Gasteiger partial charge in [-0.3, -0.25) is 0 Å². The van der Waals surface area contributed by atoms with Crippen molar-refractivity contribution in [1.29, 1.82) is 0 Å². The number of hydrogen-bond acceptors (Lipinski definition) is 3. The SMILES string of the molecule is CC1C(O)CC1N(C)C(=O)OC(C)(C)C. The lowest BCUT2D eigenvalue weighted by atomic mass is 9.77. The van der Waals surface area contributed by atoms with Crippen LogP contribution >= 0.6 is 0 Å². The maximum Gasteiger partial charge on any atom is 0.410 e. The molecule has 3 unspecified atom stereocenters. The molecule has 0 saturated heterocycles. The van der Waals surface area contributed by atoms with Crippen molar-refractivity contribution in [3.8, 4) is 0 Å². The maximum atomic E-state index is 11.7. The Morgan fingerprint density at radius 2 is 2.00 bits per heavy atom. The lowest BCUT2D eigenvalue weighted by Gasteiger charge is -2.44. The Bertz CT molecular complexity index is 247. The smallest absolute Gasteiger partial charge is 0.410 e. The molecule has 3 atom stereocenters. The predicted octanol–water partition coefficient (Wildman–Crippen LogP) is 1.62. The summed E-state index contributed by atoms with van der Waals surface area (Å²) in [6.07, 6.45) is 0.0582. The molecule has 0 aliphatic heterocycles. The molecular formula is C11H21NO3. The minimum absolute atomic E-state index is 0.106. The lowest BCUT2D eigenvalue weighted by Crippen LogP contribution is -2.55. The average molecular weight is 215 g/mol. The molecule has 1 N–H and O–H groups in total. The van der Waals surface area contributed by atoms with Crippen LogP contribution in [0.15, 0.2) is 0 Å². The van der Waals surface area contributed by atoms with Gasteiger partial charge in [0, 0.05) is 19.0 Å². The molecule has 4 nitrogen and oxygen atoms in total. The quantitative estimate of drug-likeness (QED) is 0.723. The van der Waals surface area contributed by atoms with Crippen LogP contribution < -0.4 is 0 Å². The monoisotopic (exact) mass is 215 g/mol. The zero-order valence-corrected chi connectivity index (χ0v) is 10.2. The van der Waals surface area contributed by atoms with Gasteiger partial charge in [-0.25, -0.2) is 4.79 Å². The summed E-state index contributed by atoms with van der Waals surface area (Å²) in [7, 11) is 1.72. The van der Waals surface area contributed by atoms with Crippen molar-refractivity contribution in [1.82, 2.24) is 4.90 Å². The summed E-state index contributed by atoms with van der Waals surface area (Å²) in [6.45, 7) is 7.48. The molecule has 0 radical (unpaired) electrons. The first kappa shape index (κ1) is 12.3. The second-order valence-corrected chi connectivity index (χ2v) is 5.32. The molecular weight excluding hydrogens is 194 g/mol. The summed E-state index contributed by atoms with van der Waals surface area (Å²) < 4.78 is 5.25. The van der Waals surface area contributed by atoms with Gasteiger partial charge in [-0.1, -0.05) is 6.92 Å². The Kier molecular flexibility index (Phi) is 3.28. The maximum absolute atomic E-state index is 11.7. The molecule has 1 rings (SSSR count). The number of rotatable bonds is 1. The second-order valence-electron chi connectivity index (χ2n) is 5.32. The third-order valence-electron chi connectivity index (χ3n) is 2.88. The molecule has 1 amide bonds. The zero-order valence-electron chi connectivity index (χ0n) is 10.2. The van der Waals surface area contributed by atoms with Crippen molar-refractivity contribution in [2.75, 3.05) is 7.05 Å². The molecule has 88 valence electrons. The fourth-order valence-electron chi connectivity index (χ4n) is 1.72. The molecule has 0 spiro atoms. The summed E-state index contributed by atoms with van der Waals surface area (Å²) in [6, 6.07) is 0.106. The van der Waals surface area contributed by atoms with E-state index >= 15 is 0 Å². The largest absolute Gasteiger partial charge is 0.444 e. The fraction of sp³-hybridized carbons (Fsp3) is 0.909. The van der Waals surface area contributed by atoms with Gasteiger partial charge in [0.15, 0.2) is 0 Å². The molecule has 1 fully saturated rings. The van der Waals surface area contributed by atoms with E-state index in [-0.39, 0.29) is 24.2 Å². The molecule has 0 aromatic heterocycles. The number of ether oxygens (including phenoxy) is 1. The van der Waals surface area contributed by atoms with E-state index in [1.165, 1.54) is 0 Å². The highest BCUT2D eigenvalue weighted by atomic mass is 16.6. The van der Waals surface area contributed by atoms with Gasteiger partial charge < -0.3 is 14.7 Å². The Labute approximate surface area is 91.2 Å². The van der Waals surface area contributed by atoms with Crippen molar-refractivity contribution in [3.05, 3.63) is 0 Å². The van der Waals surface area contributed by atoms with Crippen molar-refractivity contribution < 1.29 is 14.6 Å². The number of amides is 1. The van der Waals surface area contributed by atoms with E-state index < -0.39 is 5.60 Å². The molecule has 0 heterocycles. The predicted molar refractivity (Wildman–Crippen MR) is 57.6 cm³/mol. The third-order valence-corrected chi connectivity index (χ3v) is 2.88. The Morgan fingerprint density at radius 3 is 2.33 bits per heavy atom. The van der Waals surface area contributed by atoms with Crippen LogP contribution in [0.5, 0.6) is 0 Å². The molecule has 0 aromatic carbocycles. The number of carbonyl (C=O) groups is 1. The van der Waals surface area contributed by atoms with E-state index in [0.29, 0.717) is 6.42 Å². The molecule has 1 aliphatic carbocycles. The molecule has 0 aromatic rings. The normalized spacial score (nSPS) is 30.7. The van der Waals surface area contributed by atoms with Crippen LogP contribution in [-0.4, -0.2) is 40.9 Å². The second kappa shape index (κ2) is 4.00. The van der Waals surface area contributed by atoms with Crippen LogP contribution in [0.3, 0.4) is 0 Å². The first-order valence-corrected chi connectivity index (χ1v) is 5.36. The first-order chi connectivity index (χ1) is 6.72. The van der Waals surface area contributed by atoms with Crippen LogP contribution in [0.1, 0.15) is 34.1 Å². The van der Waals surface area contributed by atoms with E-state index in [9.17, 15) is 9.90 Å². The Balaban J connectivity index is 2.47. The molecule has 1 saturated carbocycles. The molecule has 0 bridgehead atoms. The highest BCUT2D eigenvalue weighted by molar-refractivity contribution is 5.68. The number of hydrogen-bond donors (Lipinski definition) is 1. The summed E-state index contributed by atoms with van der Waals surface area (Å²) >= 11 is 0.